The topological polar surface area (TPSA) is 156 Å². The van der Waals surface area contributed by atoms with Crippen molar-refractivity contribution < 1.29 is 36.7 Å². The molecule has 2 amide bonds. The number of amides is 2. The Balaban J connectivity index is 1.18. The van der Waals surface area contributed by atoms with Crippen LogP contribution in [-0.4, -0.2) is 76.7 Å². The minimum absolute atomic E-state index is 0.0203. The number of nitrogens with zero attached hydrogens (tertiary/aromatic N) is 3. The molecule has 2 saturated heterocycles. The monoisotopic (exact) mass is 580 g/mol. The molecule has 41 heavy (non-hydrogen) atoms. The summed E-state index contributed by atoms with van der Waals surface area (Å²) in [6.45, 7) is 1.34. The predicted molar refractivity (Wildman–Crippen MR) is 144 cm³/mol. The van der Waals surface area contributed by atoms with Crippen LogP contribution in [0.1, 0.15) is 41.7 Å². The van der Waals surface area contributed by atoms with Crippen LogP contribution in [0.25, 0.3) is 11.0 Å². The Morgan fingerprint density at radius 2 is 1.88 bits per heavy atom. The van der Waals surface area contributed by atoms with Crippen LogP contribution in [0.3, 0.4) is 0 Å². The van der Waals surface area contributed by atoms with Crippen molar-refractivity contribution in [3.63, 3.8) is 0 Å². The number of sulfonamides is 1. The van der Waals surface area contributed by atoms with E-state index < -0.39 is 57.6 Å². The molecule has 3 fully saturated rings. The zero-order valence-electron chi connectivity index (χ0n) is 22.2. The fourth-order valence-electron chi connectivity index (χ4n) is 5.68. The predicted octanol–water partition coefficient (Wildman–Crippen LogP) is 2.42. The summed E-state index contributed by atoms with van der Waals surface area (Å²) in [5, 5.41) is 2.24. The molecule has 3 unspecified atom stereocenters. The second-order valence-corrected chi connectivity index (χ2v) is 12.4. The molecule has 0 bridgehead atoms. The normalized spacial score (nSPS) is 21.6. The van der Waals surface area contributed by atoms with E-state index in [1.165, 1.54) is 23.2 Å². The molecule has 1 aliphatic carbocycles. The lowest BCUT2D eigenvalue weighted by atomic mass is 10.1. The van der Waals surface area contributed by atoms with Gasteiger partial charge in [0.25, 0.3) is 16.0 Å². The summed E-state index contributed by atoms with van der Waals surface area (Å²) in [6.07, 6.45) is 2.80. The number of nitrogens with one attached hydrogen (secondary N) is 1. The van der Waals surface area contributed by atoms with Crippen molar-refractivity contribution in [1.82, 2.24) is 19.5 Å². The van der Waals surface area contributed by atoms with Gasteiger partial charge in [-0.3, -0.25) is 19.4 Å². The van der Waals surface area contributed by atoms with E-state index in [9.17, 15) is 27.6 Å². The summed E-state index contributed by atoms with van der Waals surface area (Å²) in [7, 11) is -4.55. The van der Waals surface area contributed by atoms with Crippen molar-refractivity contribution in [3.8, 4) is 5.95 Å². The number of ether oxygens (including phenoxy) is 1. The molecule has 0 spiro atoms. The average molecular weight is 581 g/mol. The molecule has 2 aromatic heterocycles. The van der Waals surface area contributed by atoms with Gasteiger partial charge in [0.2, 0.25) is 5.91 Å². The van der Waals surface area contributed by atoms with E-state index in [0.29, 0.717) is 17.6 Å². The number of likely N-dealkylation sites (tertiary alicyclic amines) is 1. The van der Waals surface area contributed by atoms with Gasteiger partial charge < -0.3 is 19.4 Å². The summed E-state index contributed by atoms with van der Waals surface area (Å²) < 4.78 is 38.4. The average Bonchev–Trinajstić information content (AvgIpc) is 3.45. The summed E-state index contributed by atoms with van der Waals surface area (Å²) in [5.74, 6) is -0.718. The van der Waals surface area contributed by atoms with Gasteiger partial charge in [0, 0.05) is 23.7 Å². The molecule has 1 aromatic carbocycles. The van der Waals surface area contributed by atoms with Gasteiger partial charge in [-0.15, -0.1) is 0 Å². The maximum Gasteiger partial charge on any atom is 0.415 e. The van der Waals surface area contributed by atoms with Crippen LogP contribution >= 0.6 is 0 Å². The van der Waals surface area contributed by atoms with Crippen molar-refractivity contribution in [2.75, 3.05) is 13.1 Å². The highest BCUT2D eigenvalue weighted by Crippen LogP contribution is 2.37. The van der Waals surface area contributed by atoms with E-state index in [-0.39, 0.29) is 30.5 Å². The number of Topliss-reactive ketones (excluding diaryl/α,β-unsaturated/α-hetero) is 1. The lowest BCUT2D eigenvalue weighted by molar-refractivity contribution is -0.138. The number of fused-ring (bicyclic) bond motifs is 2. The third-order valence-electron chi connectivity index (χ3n) is 7.92. The fraction of sp³-hybridized carbons (Fsp3) is 0.393. The number of aromatic nitrogens is 1. The molecule has 12 nitrogen and oxygen atoms in total. The minimum Gasteiger partial charge on any atom is -0.425 e. The minimum atomic E-state index is -4.55. The van der Waals surface area contributed by atoms with E-state index in [1.54, 1.807) is 25.1 Å². The Labute approximate surface area is 235 Å². The third kappa shape index (κ3) is 4.99. The first kappa shape index (κ1) is 27.1. The summed E-state index contributed by atoms with van der Waals surface area (Å²) >= 11 is 0. The zero-order valence-corrected chi connectivity index (χ0v) is 23.0. The molecule has 4 heterocycles. The molecule has 13 heteroatoms. The van der Waals surface area contributed by atoms with Crippen LogP contribution in [0.2, 0.25) is 0 Å². The second-order valence-electron chi connectivity index (χ2n) is 10.6. The maximum absolute atomic E-state index is 13.7. The highest BCUT2D eigenvalue weighted by Gasteiger charge is 2.56. The highest BCUT2D eigenvalue weighted by atomic mass is 32.2. The molecular weight excluding hydrogens is 552 g/mol. The molecule has 1 saturated carbocycles. The number of carbonyl (C=O) groups is 4. The first-order valence-electron chi connectivity index (χ1n) is 13.4. The number of rotatable bonds is 7. The van der Waals surface area contributed by atoms with Crippen molar-refractivity contribution in [1.29, 1.82) is 0 Å². The van der Waals surface area contributed by atoms with Gasteiger partial charge in [-0.2, -0.15) is 4.31 Å². The van der Waals surface area contributed by atoms with E-state index >= 15 is 0 Å². The van der Waals surface area contributed by atoms with Crippen LogP contribution in [0.5, 0.6) is 5.95 Å². The smallest absolute Gasteiger partial charge is 0.415 e. The lowest BCUT2D eigenvalue weighted by Gasteiger charge is -2.28. The van der Waals surface area contributed by atoms with E-state index in [0.717, 1.165) is 22.5 Å². The van der Waals surface area contributed by atoms with Gasteiger partial charge in [-0.05, 0) is 43.9 Å². The second kappa shape index (κ2) is 10.4. The molecule has 3 aliphatic rings. The van der Waals surface area contributed by atoms with E-state index in [1.807, 2.05) is 12.1 Å². The van der Waals surface area contributed by atoms with Gasteiger partial charge in [0.15, 0.2) is 5.78 Å². The Hall–Kier alpha value is -4.10. The summed E-state index contributed by atoms with van der Waals surface area (Å²) in [4.78, 5) is 57.7. The Morgan fingerprint density at radius 3 is 2.59 bits per heavy atom. The summed E-state index contributed by atoms with van der Waals surface area (Å²) in [5.41, 5.74) is 0.949. The van der Waals surface area contributed by atoms with Crippen molar-refractivity contribution in [2.45, 2.75) is 50.7 Å². The van der Waals surface area contributed by atoms with Gasteiger partial charge in [-0.25, -0.2) is 13.2 Å². The van der Waals surface area contributed by atoms with Crippen LogP contribution in [0, 0.1) is 12.8 Å². The molecule has 1 N–H and O–H groups in total. The third-order valence-corrected chi connectivity index (χ3v) is 9.61. The van der Waals surface area contributed by atoms with Gasteiger partial charge >= 0.3 is 11.2 Å². The first-order valence-corrected chi connectivity index (χ1v) is 14.9. The molecule has 3 aromatic rings. The maximum atomic E-state index is 13.7. The number of para-hydroxylation sites is 1. The number of aryl methyl sites for hydroxylation is 1. The van der Waals surface area contributed by atoms with E-state index in [2.05, 4.69) is 10.3 Å². The molecule has 6 rings (SSSR count). The van der Waals surface area contributed by atoms with Gasteiger partial charge in [0.1, 0.15) is 23.4 Å². The van der Waals surface area contributed by atoms with Crippen molar-refractivity contribution in [3.05, 3.63) is 59.9 Å². The number of carbonyl (C=O) groups excluding carboxylic acids is 4. The largest absolute Gasteiger partial charge is 0.425 e. The molecule has 2 aliphatic heterocycles. The van der Waals surface area contributed by atoms with Crippen molar-refractivity contribution in [2.24, 2.45) is 5.92 Å². The number of benzene rings is 1. The molecule has 3 atom stereocenters. The Morgan fingerprint density at radius 1 is 1.12 bits per heavy atom. The Bertz CT molecular complexity index is 1650. The van der Waals surface area contributed by atoms with Crippen molar-refractivity contribution >= 4 is 43.9 Å². The molecule has 214 valence electrons. The van der Waals surface area contributed by atoms with E-state index in [4.69, 9.17) is 9.15 Å². The van der Waals surface area contributed by atoms with Crippen LogP contribution in [0.4, 0.5) is 4.79 Å². The number of hydrogen-bond donors (Lipinski definition) is 1. The fourth-order valence-corrected chi connectivity index (χ4v) is 7.15. The summed E-state index contributed by atoms with van der Waals surface area (Å²) in [6, 6.07) is 8.67. The highest BCUT2D eigenvalue weighted by molar-refractivity contribution is 8.04. The lowest BCUT2D eigenvalue weighted by Crippen LogP contribution is -2.53. The van der Waals surface area contributed by atoms with Gasteiger partial charge in [0.05, 0.1) is 12.6 Å². The molecule has 0 radical (unpaired) electrons. The standard InChI is InChI=1S/C28H28N4O8S/c1-16-18-6-2-3-8-23(18)39-27(16)40-28(36)30-20(14-17-9-10-17)25(34)31-13-11-21-24(31)22(33)15-32(21)41(37,38)26(35)19-7-4-5-12-29-19/h2-8,12,17,20-21,24H,9-11,13-15H2,1H3,(H,30,36). The SMILES string of the molecule is Cc1c(OC(=O)NC(CC2CC2)C(=O)N2CCC3C2C(=O)CN3S(=O)(=O)C(=O)c2ccccn2)oc2ccccc12. The Kier molecular flexibility index (Phi) is 6.86. The van der Waals surface area contributed by atoms with Gasteiger partial charge in [-0.1, -0.05) is 37.1 Å². The van der Waals surface area contributed by atoms with Crippen LogP contribution in [-0.2, 0) is 19.6 Å². The number of ketones is 1. The first-order chi connectivity index (χ1) is 19.6. The zero-order chi connectivity index (χ0) is 28.9. The van der Waals surface area contributed by atoms with Crippen LogP contribution in [0.15, 0.2) is 53.1 Å². The number of furan rings is 1. The van der Waals surface area contributed by atoms with Crippen LogP contribution < -0.4 is 10.1 Å². The molecular formula is C28H28N4O8S. The number of hydrogen-bond acceptors (Lipinski definition) is 9. The quantitative estimate of drug-likeness (QED) is 0.443. The number of pyridine rings is 1.